The SMILES string of the molecule is CCC1(C2c3cc(C(C)(C)C)ccc3-c3ccc(C(C)(C)C)cc32)CC(C2CCCCC2)C2=C1C=C(C(C)(C)C)C2.[Cl-].[Cl-].[Zr+2]. The van der Waals surface area contributed by atoms with Gasteiger partial charge in [0.15, 0.2) is 0 Å². The number of halogens is 2. The minimum Gasteiger partial charge on any atom is -1.00 e. The molecule has 0 spiro atoms. The molecule has 3 heteroatoms. The van der Waals surface area contributed by atoms with Gasteiger partial charge in [-0.2, -0.15) is 0 Å². The van der Waals surface area contributed by atoms with Crippen molar-refractivity contribution in [3.63, 3.8) is 0 Å². The van der Waals surface area contributed by atoms with Gasteiger partial charge >= 0.3 is 26.2 Å². The van der Waals surface area contributed by atoms with Gasteiger partial charge in [-0.3, -0.25) is 0 Å². The molecule has 0 heterocycles. The molecular formula is C41H56Cl2Zr. The van der Waals surface area contributed by atoms with Gasteiger partial charge in [-0.25, -0.2) is 0 Å². The summed E-state index contributed by atoms with van der Waals surface area (Å²) in [6.07, 6.45) is 13.7. The van der Waals surface area contributed by atoms with E-state index in [0.29, 0.717) is 5.92 Å². The van der Waals surface area contributed by atoms with Gasteiger partial charge in [-0.1, -0.05) is 142 Å². The number of allylic oxidation sites excluding steroid dienone is 4. The third-order valence-corrected chi connectivity index (χ3v) is 11.7. The van der Waals surface area contributed by atoms with Crippen LogP contribution in [0.2, 0.25) is 0 Å². The maximum Gasteiger partial charge on any atom is 2.00 e. The Bertz CT molecular complexity index is 1350. The van der Waals surface area contributed by atoms with Crippen LogP contribution in [0.1, 0.15) is 149 Å². The summed E-state index contributed by atoms with van der Waals surface area (Å²) >= 11 is 0. The maximum atomic E-state index is 2.74. The van der Waals surface area contributed by atoms with Gasteiger partial charge < -0.3 is 24.8 Å². The van der Waals surface area contributed by atoms with Crippen LogP contribution in [0, 0.1) is 22.7 Å². The van der Waals surface area contributed by atoms with Crippen LogP contribution in [0.5, 0.6) is 0 Å². The molecule has 0 aliphatic heterocycles. The minimum absolute atomic E-state index is 0. The van der Waals surface area contributed by atoms with E-state index in [1.54, 1.807) is 22.3 Å². The zero-order chi connectivity index (χ0) is 29.5. The van der Waals surface area contributed by atoms with Crippen LogP contribution in [0.4, 0.5) is 0 Å². The largest absolute Gasteiger partial charge is 2.00 e. The second-order valence-corrected chi connectivity index (χ2v) is 17.3. The van der Waals surface area contributed by atoms with E-state index in [1.807, 2.05) is 5.57 Å². The molecule has 1 fully saturated rings. The van der Waals surface area contributed by atoms with E-state index in [1.165, 1.54) is 73.6 Å². The van der Waals surface area contributed by atoms with E-state index >= 15 is 0 Å². The third kappa shape index (κ3) is 6.31. The smallest absolute Gasteiger partial charge is 1.00 e. The first kappa shape index (κ1) is 37.8. The first-order valence-corrected chi connectivity index (χ1v) is 16.9. The van der Waals surface area contributed by atoms with Gasteiger partial charge in [0.25, 0.3) is 0 Å². The molecule has 0 N–H and O–H groups in total. The molecule has 2 aromatic carbocycles. The number of benzene rings is 2. The summed E-state index contributed by atoms with van der Waals surface area (Å²) in [5.74, 6) is 2.05. The molecule has 0 nitrogen and oxygen atoms in total. The Morgan fingerprint density at radius 2 is 1.20 bits per heavy atom. The van der Waals surface area contributed by atoms with Gasteiger partial charge in [0, 0.05) is 11.3 Å². The number of hydrogen-bond donors (Lipinski definition) is 0. The van der Waals surface area contributed by atoms with Crippen molar-refractivity contribution in [2.45, 2.75) is 137 Å². The van der Waals surface area contributed by atoms with Crippen molar-refractivity contribution in [3.05, 3.63) is 81.4 Å². The zero-order valence-electron chi connectivity index (χ0n) is 29.2. The Morgan fingerprint density at radius 3 is 1.64 bits per heavy atom. The molecule has 0 bridgehead atoms. The standard InChI is InChI=1S/C41H56.2ClH.Zr/c1-11-41(25-35(26-15-13-12-14-16-26)32-23-29(24-36(32)41)40(8,9)10)37-33-21-27(38(2,3)4)17-19-30(33)31-20-18-28(22-34(31)37)39(5,6)7;;;/h17-22,24,26,35,37H,11-16,23,25H2,1-10H3;2*1H;/q;;;+2/p-2. The summed E-state index contributed by atoms with van der Waals surface area (Å²) in [6.45, 7) is 24.1. The average molecular weight is 711 g/mol. The Balaban J connectivity index is 0.00000176. The Hall–Kier alpha value is -0.617. The molecule has 6 rings (SSSR count). The molecule has 4 aliphatic rings. The number of rotatable bonds is 3. The maximum absolute atomic E-state index is 2.74. The summed E-state index contributed by atoms with van der Waals surface area (Å²) in [6, 6.07) is 15.0. The van der Waals surface area contributed by atoms with Crippen LogP contribution in [0.15, 0.2) is 59.2 Å². The van der Waals surface area contributed by atoms with Crippen molar-refractivity contribution < 1.29 is 51.0 Å². The fraction of sp³-hybridized carbons (Fsp3) is 0.610. The van der Waals surface area contributed by atoms with E-state index in [9.17, 15) is 0 Å². The second-order valence-electron chi connectivity index (χ2n) is 17.3. The van der Waals surface area contributed by atoms with Crippen molar-refractivity contribution in [1.82, 2.24) is 0 Å². The van der Waals surface area contributed by atoms with Gasteiger partial charge in [-0.05, 0) is 99.1 Å². The molecule has 44 heavy (non-hydrogen) atoms. The van der Waals surface area contributed by atoms with Crippen LogP contribution in [-0.4, -0.2) is 0 Å². The van der Waals surface area contributed by atoms with Gasteiger partial charge in [0.2, 0.25) is 0 Å². The first-order chi connectivity index (χ1) is 19.1. The van der Waals surface area contributed by atoms with Crippen LogP contribution in [-0.2, 0) is 37.0 Å². The van der Waals surface area contributed by atoms with Gasteiger partial charge in [-0.15, -0.1) is 0 Å². The average Bonchev–Trinajstić information content (AvgIpc) is 3.57. The Morgan fingerprint density at radius 1 is 0.705 bits per heavy atom. The molecule has 1 saturated carbocycles. The van der Waals surface area contributed by atoms with Crippen LogP contribution in [0.3, 0.4) is 0 Å². The molecule has 2 atom stereocenters. The van der Waals surface area contributed by atoms with E-state index < -0.39 is 0 Å². The van der Waals surface area contributed by atoms with Crippen molar-refractivity contribution in [1.29, 1.82) is 0 Å². The summed E-state index contributed by atoms with van der Waals surface area (Å²) in [7, 11) is 0. The van der Waals surface area contributed by atoms with Crippen molar-refractivity contribution in [2.75, 3.05) is 0 Å². The van der Waals surface area contributed by atoms with Crippen LogP contribution in [0.25, 0.3) is 11.1 Å². The molecule has 0 aromatic heterocycles. The predicted molar refractivity (Wildman–Crippen MR) is 178 cm³/mol. The van der Waals surface area contributed by atoms with Crippen LogP contribution >= 0.6 is 0 Å². The zero-order valence-corrected chi connectivity index (χ0v) is 33.2. The fourth-order valence-electron chi connectivity index (χ4n) is 9.11. The molecule has 2 aromatic rings. The molecule has 0 saturated heterocycles. The summed E-state index contributed by atoms with van der Waals surface area (Å²) in [4.78, 5) is 0. The molecular weight excluding hydrogens is 655 g/mol. The second kappa shape index (κ2) is 13.1. The van der Waals surface area contributed by atoms with Crippen molar-refractivity contribution in [3.8, 4) is 11.1 Å². The molecule has 2 unspecified atom stereocenters. The van der Waals surface area contributed by atoms with Crippen molar-refractivity contribution in [2.24, 2.45) is 22.7 Å². The van der Waals surface area contributed by atoms with Gasteiger partial charge in [0.1, 0.15) is 0 Å². The molecule has 4 aliphatic carbocycles. The van der Waals surface area contributed by atoms with E-state index in [0.717, 1.165) is 11.8 Å². The number of hydrogen-bond acceptors (Lipinski definition) is 0. The minimum atomic E-state index is 0. The van der Waals surface area contributed by atoms with Crippen LogP contribution < -0.4 is 24.8 Å². The summed E-state index contributed by atoms with van der Waals surface area (Å²) in [5, 5.41) is 0. The van der Waals surface area contributed by atoms with E-state index in [-0.39, 0.29) is 72.7 Å². The molecule has 238 valence electrons. The van der Waals surface area contributed by atoms with E-state index in [4.69, 9.17) is 0 Å². The summed E-state index contributed by atoms with van der Waals surface area (Å²) < 4.78 is 0. The van der Waals surface area contributed by atoms with E-state index in [2.05, 4.69) is 112 Å². The topological polar surface area (TPSA) is 0 Å². The Labute approximate surface area is 301 Å². The van der Waals surface area contributed by atoms with Gasteiger partial charge in [0.05, 0.1) is 0 Å². The quantitative estimate of drug-likeness (QED) is 0.363. The monoisotopic (exact) mass is 708 g/mol. The normalized spacial score (nSPS) is 23.7. The van der Waals surface area contributed by atoms with Crippen molar-refractivity contribution >= 4 is 0 Å². The third-order valence-electron chi connectivity index (χ3n) is 11.7. The number of fused-ring (bicyclic) bond motifs is 3. The predicted octanol–water partition coefficient (Wildman–Crippen LogP) is 6.07. The molecule has 0 amide bonds. The summed E-state index contributed by atoms with van der Waals surface area (Å²) in [5.41, 5.74) is 15.1. The first-order valence-electron chi connectivity index (χ1n) is 16.9. The molecule has 0 radical (unpaired) electrons. The Kier molecular flexibility index (Phi) is 11.3. The fourth-order valence-corrected chi connectivity index (χ4v) is 9.11.